The van der Waals surface area contributed by atoms with Gasteiger partial charge in [-0.2, -0.15) is 0 Å². The SMILES string of the molecule is COCc1cccc(NC(=O)CC(N)C(C)C)c1. The average Bonchev–Trinajstić information content (AvgIpc) is 2.29. The zero-order valence-corrected chi connectivity index (χ0v) is 11.3. The first-order valence-electron chi connectivity index (χ1n) is 6.16. The lowest BCUT2D eigenvalue weighted by molar-refractivity contribution is -0.116. The van der Waals surface area contributed by atoms with Crippen molar-refractivity contribution in [2.45, 2.75) is 32.9 Å². The Morgan fingerprint density at radius 1 is 1.44 bits per heavy atom. The van der Waals surface area contributed by atoms with Crippen LogP contribution in [0.5, 0.6) is 0 Å². The molecule has 18 heavy (non-hydrogen) atoms. The highest BCUT2D eigenvalue weighted by Crippen LogP contribution is 2.12. The van der Waals surface area contributed by atoms with Gasteiger partial charge in [0.05, 0.1) is 6.61 Å². The zero-order chi connectivity index (χ0) is 13.5. The third-order valence-corrected chi connectivity index (χ3v) is 2.80. The molecule has 0 fully saturated rings. The summed E-state index contributed by atoms with van der Waals surface area (Å²) in [5.74, 6) is 0.251. The van der Waals surface area contributed by atoms with Crippen molar-refractivity contribution in [3.63, 3.8) is 0 Å². The van der Waals surface area contributed by atoms with Crippen molar-refractivity contribution in [1.29, 1.82) is 0 Å². The van der Waals surface area contributed by atoms with Crippen LogP contribution >= 0.6 is 0 Å². The van der Waals surface area contributed by atoms with E-state index < -0.39 is 0 Å². The van der Waals surface area contributed by atoms with E-state index in [4.69, 9.17) is 10.5 Å². The fourth-order valence-electron chi connectivity index (χ4n) is 1.57. The van der Waals surface area contributed by atoms with Gasteiger partial charge in [-0.3, -0.25) is 4.79 Å². The molecular weight excluding hydrogens is 228 g/mol. The van der Waals surface area contributed by atoms with Gasteiger partial charge in [0.2, 0.25) is 5.91 Å². The standard InChI is InChI=1S/C14H22N2O2/c1-10(2)13(15)8-14(17)16-12-6-4-5-11(7-12)9-18-3/h4-7,10,13H,8-9,15H2,1-3H3,(H,16,17). The van der Waals surface area contributed by atoms with Gasteiger partial charge in [0.25, 0.3) is 0 Å². The molecule has 4 nitrogen and oxygen atoms in total. The summed E-state index contributed by atoms with van der Waals surface area (Å²) in [5.41, 5.74) is 7.68. The molecule has 1 aromatic rings. The van der Waals surface area contributed by atoms with Crippen LogP contribution in [0, 0.1) is 5.92 Å². The Morgan fingerprint density at radius 3 is 2.78 bits per heavy atom. The van der Waals surface area contributed by atoms with Gasteiger partial charge < -0.3 is 15.8 Å². The van der Waals surface area contributed by atoms with Crippen molar-refractivity contribution in [2.24, 2.45) is 11.7 Å². The molecule has 1 aromatic carbocycles. The molecular formula is C14H22N2O2. The van der Waals surface area contributed by atoms with E-state index in [0.29, 0.717) is 18.9 Å². The summed E-state index contributed by atoms with van der Waals surface area (Å²) in [6, 6.07) is 7.51. The summed E-state index contributed by atoms with van der Waals surface area (Å²) in [6.07, 6.45) is 0.339. The molecule has 0 saturated carbocycles. The molecule has 0 aromatic heterocycles. The molecule has 0 bridgehead atoms. The minimum absolute atomic E-state index is 0.0502. The number of amides is 1. The molecule has 1 atom stereocenters. The Kier molecular flexibility index (Phi) is 5.82. The van der Waals surface area contributed by atoms with Crippen molar-refractivity contribution in [3.05, 3.63) is 29.8 Å². The van der Waals surface area contributed by atoms with Crippen molar-refractivity contribution in [1.82, 2.24) is 0 Å². The van der Waals surface area contributed by atoms with Crippen LogP contribution in [0.25, 0.3) is 0 Å². The molecule has 0 radical (unpaired) electrons. The maximum atomic E-state index is 11.8. The second-order valence-electron chi connectivity index (χ2n) is 4.79. The van der Waals surface area contributed by atoms with Crippen LogP contribution in [0.2, 0.25) is 0 Å². The molecule has 1 unspecified atom stereocenters. The molecule has 1 amide bonds. The number of carbonyl (C=O) groups excluding carboxylic acids is 1. The quantitative estimate of drug-likeness (QED) is 0.813. The van der Waals surface area contributed by atoms with E-state index in [1.807, 2.05) is 38.1 Å². The van der Waals surface area contributed by atoms with Crippen molar-refractivity contribution in [3.8, 4) is 0 Å². The number of methoxy groups -OCH3 is 1. The second-order valence-corrected chi connectivity index (χ2v) is 4.79. The van der Waals surface area contributed by atoms with E-state index in [1.54, 1.807) is 7.11 Å². The fraction of sp³-hybridized carbons (Fsp3) is 0.500. The maximum Gasteiger partial charge on any atom is 0.225 e. The van der Waals surface area contributed by atoms with E-state index in [0.717, 1.165) is 11.3 Å². The molecule has 0 heterocycles. The first-order chi connectivity index (χ1) is 8.52. The van der Waals surface area contributed by atoms with Gasteiger partial charge in [-0.1, -0.05) is 26.0 Å². The molecule has 100 valence electrons. The Balaban J connectivity index is 2.56. The van der Waals surface area contributed by atoms with Crippen LogP contribution in [0.3, 0.4) is 0 Å². The van der Waals surface area contributed by atoms with Gasteiger partial charge in [-0.25, -0.2) is 0 Å². The first-order valence-corrected chi connectivity index (χ1v) is 6.16. The Morgan fingerprint density at radius 2 is 2.17 bits per heavy atom. The van der Waals surface area contributed by atoms with Crippen LogP contribution in [-0.2, 0) is 16.1 Å². The summed E-state index contributed by atoms with van der Waals surface area (Å²) in [6.45, 7) is 4.56. The Labute approximate surface area is 109 Å². The number of nitrogens with one attached hydrogen (secondary N) is 1. The number of hydrogen-bond acceptors (Lipinski definition) is 3. The molecule has 0 aliphatic heterocycles. The number of nitrogens with two attached hydrogens (primary N) is 1. The molecule has 0 saturated heterocycles. The molecule has 0 aliphatic rings. The fourth-order valence-corrected chi connectivity index (χ4v) is 1.57. The Bertz CT molecular complexity index is 391. The van der Waals surface area contributed by atoms with Gasteiger partial charge in [0.1, 0.15) is 0 Å². The summed E-state index contributed by atoms with van der Waals surface area (Å²) >= 11 is 0. The van der Waals surface area contributed by atoms with E-state index in [9.17, 15) is 4.79 Å². The third kappa shape index (κ3) is 4.85. The summed E-state index contributed by atoms with van der Waals surface area (Å²) < 4.78 is 5.05. The van der Waals surface area contributed by atoms with Gasteiger partial charge >= 0.3 is 0 Å². The molecule has 4 heteroatoms. The number of rotatable bonds is 6. The van der Waals surface area contributed by atoms with Crippen LogP contribution in [-0.4, -0.2) is 19.1 Å². The van der Waals surface area contributed by atoms with Crippen LogP contribution < -0.4 is 11.1 Å². The topological polar surface area (TPSA) is 64.3 Å². The number of hydrogen-bond donors (Lipinski definition) is 2. The smallest absolute Gasteiger partial charge is 0.225 e. The van der Waals surface area contributed by atoms with E-state index in [-0.39, 0.29) is 11.9 Å². The lowest BCUT2D eigenvalue weighted by Gasteiger charge is -2.15. The summed E-state index contributed by atoms with van der Waals surface area (Å²) in [4.78, 5) is 11.8. The van der Waals surface area contributed by atoms with Gasteiger partial charge in [-0.05, 0) is 23.6 Å². The number of benzene rings is 1. The minimum atomic E-state index is -0.104. The lowest BCUT2D eigenvalue weighted by Crippen LogP contribution is -2.31. The Hall–Kier alpha value is -1.39. The highest BCUT2D eigenvalue weighted by atomic mass is 16.5. The summed E-state index contributed by atoms with van der Waals surface area (Å²) in [7, 11) is 1.65. The second kappa shape index (κ2) is 7.13. The maximum absolute atomic E-state index is 11.8. The molecule has 1 rings (SSSR count). The molecule has 0 spiro atoms. The van der Waals surface area contributed by atoms with E-state index in [2.05, 4.69) is 5.32 Å². The number of anilines is 1. The minimum Gasteiger partial charge on any atom is -0.380 e. The number of carbonyl (C=O) groups is 1. The van der Waals surface area contributed by atoms with Crippen LogP contribution in [0.1, 0.15) is 25.8 Å². The zero-order valence-electron chi connectivity index (χ0n) is 11.3. The monoisotopic (exact) mass is 250 g/mol. The highest BCUT2D eigenvalue weighted by Gasteiger charge is 2.12. The van der Waals surface area contributed by atoms with E-state index in [1.165, 1.54) is 0 Å². The van der Waals surface area contributed by atoms with Crippen molar-refractivity contribution < 1.29 is 9.53 Å². The first kappa shape index (κ1) is 14.7. The third-order valence-electron chi connectivity index (χ3n) is 2.80. The molecule has 3 N–H and O–H groups in total. The van der Waals surface area contributed by atoms with Crippen LogP contribution in [0.15, 0.2) is 24.3 Å². The molecule has 0 aliphatic carbocycles. The van der Waals surface area contributed by atoms with Crippen molar-refractivity contribution in [2.75, 3.05) is 12.4 Å². The largest absolute Gasteiger partial charge is 0.380 e. The predicted octanol–water partition coefficient (Wildman–Crippen LogP) is 2.14. The number of ether oxygens (including phenoxy) is 1. The van der Waals surface area contributed by atoms with E-state index >= 15 is 0 Å². The lowest BCUT2D eigenvalue weighted by atomic mass is 10.0. The highest BCUT2D eigenvalue weighted by molar-refractivity contribution is 5.91. The van der Waals surface area contributed by atoms with Gasteiger partial charge in [-0.15, -0.1) is 0 Å². The average molecular weight is 250 g/mol. The predicted molar refractivity (Wildman–Crippen MR) is 73.2 cm³/mol. The normalized spacial score (nSPS) is 12.5. The van der Waals surface area contributed by atoms with Crippen molar-refractivity contribution >= 4 is 11.6 Å². The van der Waals surface area contributed by atoms with Gasteiger partial charge in [0.15, 0.2) is 0 Å². The van der Waals surface area contributed by atoms with Gasteiger partial charge in [0, 0.05) is 25.3 Å². The van der Waals surface area contributed by atoms with Crippen LogP contribution in [0.4, 0.5) is 5.69 Å². The summed E-state index contributed by atoms with van der Waals surface area (Å²) in [5, 5.41) is 2.85.